The van der Waals surface area contributed by atoms with Gasteiger partial charge in [0.25, 0.3) is 0 Å². The molecule has 6 heteroatoms. The minimum Gasteiger partial charge on any atom is -0.480 e. The molecule has 0 aliphatic carbocycles. The lowest BCUT2D eigenvalue weighted by Crippen LogP contribution is -2.31. The molecule has 0 aliphatic heterocycles. The van der Waals surface area contributed by atoms with Crippen molar-refractivity contribution in [1.29, 1.82) is 0 Å². The molecule has 1 heterocycles. The van der Waals surface area contributed by atoms with Crippen LogP contribution in [0.5, 0.6) is 0 Å². The first kappa shape index (κ1) is 14.1. The maximum Gasteiger partial charge on any atom is 0.319 e. The maximum atomic E-state index is 11.5. The number of nitrogens with one attached hydrogen (secondary N) is 1. The van der Waals surface area contributed by atoms with Crippen molar-refractivity contribution in [3.8, 4) is 0 Å². The van der Waals surface area contributed by atoms with E-state index in [0.29, 0.717) is 6.54 Å². The zero-order valence-corrected chi connectivity index (χ0v) is 11.4. The van der Waals surface area contributed by atoms with E-state index in [9.17, 15) is 9.59 Å². The molecule has 17 heavy (non-hydrogen) atoms. The van der Waals surface area contributed by atoms with Gasteiger partial charge in [-0.2, -0.15) is 0 Å². The lowest BCUT2D eigenvalue weighted by molar-refractivity contribution is -0.138. The van der Waals surface area contributed by atoms with E-state index < -0.39 is 10.7 Å². The molecule has 4 nitrogen and oxygen atoms in total. The number of hydrogen-bond donors (Lipinski definition) is 2. The van der Waals surface area contributed by atoms with Crippen LogP contribution in [0, 0.1) is 0 Å². The fourth-order valence-corrected chi connectivity index (χ4v) is 2.32. The van der Waals surface area contributed by atoms with Gasteiger partial charge in [-0.15, -0.1) is 23.1 Å². The van der Waals surface area contributed by atoms with E-state index in [1.54, 1.807) is 25.2 Å². The SMILES string of the molecule is CC(C)(SCC(=O)NCc1cccs1)C(=O)O. The molecule has 0 radical (unpaired) electrons. The molecule has 2 N–H and O–H groups in total. The molecule has 0 saturated carbocycles. The first-order valence-corrected chi connectivity index (χ1v) is 6.95. The number of carboxylic acids is 1. The van der Waals surface area contributed by atoms with E-state index >= 15 is 0 Å². The topological polar surface area (TPSA) is 66.4 Å². The third kappa shape index (κ3) is 4.79. The van der Waals surface area contributed by atoms with Gasteiger partial charge < -0.3 is 10.4 Å². The van der Waals surface area contributed by atoms with Crippen LogP contribution in [-0.2, 0) is 16.1 Å². The van der Waals surface area contributed by atoms with Crippen LogP contribution in [0.1, 0.15) is 18.7 Å². The van der Waals surface area contributed by atoms with E-state index in [1.807, 2.05) is 17.5 Å². The third-order valence-electron chi connectivity index (χ3n) is 2.12. The zero-order valence-electron chi connectivity index (χ0n) is 9.73. The normalized spacial score (nSPS) is 11.2. The number of hydrogen-bond acceptors (Lipinski definition) is 4. The highest BCUT2D eigenvalue weighted by Crippen LogP contribution is 2.24. The molecule has 1 amide bonds. The van der Waals surface area contributed by atoms with Crippen LogP contribution in [-0.4, -0.2) is 27.5 Å². The molecule has 0 aromatic carbocycles. The standard InChI is InChI=1S/C11H15NO3S2/c1-11(2,10(14)15)17-7-9(13)12-6-8-4-3-5-16-8/h3-5H,6-7H2,1-2H3,(H,12,13)(H,14,15). The molecule has 0 atom stereocenters. The van der Waals surface area contributed by atoms with Gasteiger partial charge in [0.2, 0.25) is 5.91 Å². The first-order chi connectivity index (χ1) is 7.92. The van der Waals surface area contributed by atoms with Crippen LogP contribution in [0.3, 0.4) is 0 Å². The van der Waals surface area contributed by atoms with Crippen molar-refractivity contribution < 1.29 is 14.7 Å². The Bertz CT molecular complexity index is 387. The molecule has 1 rings (SSSR count). The largest absolute Gasteiger partial charge is 0.480 e. The number of amides is 1. The summed E-state index contributed by atoms with van der Waals surface area (Å²) in [6, 6.07) is 3.87. The summed E-state index contributed by atoms with van der Waals surface area (Å²) in [4.78, 5) is 23.4. The van der Waals surface area contributed by atoms with Crippen molar-refractivity contribution >= 4 is 35.0 Å². The summed E-state index contributed by atoms with van der Waals surface area (Å²) >= 11 is 2.70. The molecular formula is C11H15NO3S2. The van der Waals surface area contributed by atoms with Crippen LogP contribution in [0.4, 0.5) is 0 Å². The smallest absolute Gasteiger partial charge is 0.319 e. The maximum absolute atomic E-state index is 11.5. The lowest BCUT2D eigenvalue weighted by atomic mass is 10.2. The van der Waals surface area contributed by atoms with E-state index in [0.717, 1.165) is 16.6 Å². The summed E-state index contributed by atoms with van der Waals surface area (Å²) in [5.74, 6) is -0.892. The minimum atomic E-state index is -0.930. The van der Waals surface area contributed by atoms with Gasteiger partial charge in [0.05, 0.1) is 12.3 Å². The second-order valence-electron chi connectivity index (χ2n) is 3.96. The van der Waals surface area contributed by atoms with Crippen LogP contribution >= 0.6 is 23.1 Å². The quantitative estimate of drug-likeness (QED) is 0.831. The number of carbonyl (C=O) groups excluding carboxylic acids is 1. The average Bonchev–Trinajstić information content (AvgIpc) is 2.76. The highest BCUT2D eigenvalue weighted by atomic mass is 32.2. The second-order valence-corrected chi connectivity index (χ2v) is 6.59. The van der Waals surface area contributed by atoms with Gasteiger partial charge in [-0.3, -0.25) is 9.59 Å². The Balaban J connectivity index is 2.28. The number of carbonyl (C=O) groups is 2. The summed E-state index contributed by atoms with van der Waals surface area (Å²) in [5.41, 5.74) is 0. The highest BCUT2D eigenvalue weighted by Gasteiger charge is 2.28. The predicted octanol–water partition coefficient (Wildman–Crippen LogP) is 1.96. The number of carboxylic acid groups (broad SMARTS) is 1. The number of rotatable bonds is 6. The fourth-order valence-electron chi connectivity index (χ4n) is 0.958. The van der Waals surface area contributed by atoms with E-state index in [2.05, 4.69) is 5.32 Å². The van der Waals surface area contributed by atoms with Crippen molar-refractivity contribution in [2.75, 3.05) is 5.75 Å². The number of thiophene rings is 1. The molecule has 94 valence electrons. The zero-order chi connectivity index (χ0) is 12.9. The molecule has 0 bridgehead atoms. The van der Waals surface area contributed by atoms with Crippen LogP contribution in [0.25, 0.3) is 0 Å². The Labute approximate surface area is 108 Å². The molecular weight excluding hydrogens is 258 g/mol. The molecule has 1 aromatic heterocycles. The molecule has 0 saturated heterocycles. The second kappa shape index (κ2) is 6.07. The number of aliphatic carboxylic acids is 1. The average molecular weight is 273 g/mol. The van der Waals surface area contributed by atoms with Gasteiger partial charge in [0.1, 0.15) is 4.75 Å². The fraction of sp³-hybridized carbons (Fsp3) is 0.455. The van der Waals surface area contributed by atoms with Gasteiger partial charge in [0, 0.05) is 4.88 Å². The third-order valence-corrected chi connectivity index (χ3v) is 4.30. The van der Waals surface area contributed by atoms with Gasteiger partial charge in [0.15, 0.2) is 0 Å². The Morgan fingerprint density at radius 2 is 2.24 bits per heavy atom. The molecule has 0 fully saturated rings. The summed E-state index contributed by atoms with van der Waals surface area (Å²) in [5, 5.41) is 13.6. The van der Waals surface area contributed by atoms with Crippen molar-refractivity contribution in [2.24, 2.45) is 0 Å². The number of thioether (sulfide) groups is 1. The van der Waals surface area contributed by atoms with E-state index in [4.69, 9.17) is 5.11 Å². The first-order valence-electron chi connectivity index (χ1n) is 5.08. The molecule has 0 aliphatic rings. The Kier molecular flexibility index (Phi) is 5.02. The van der Waals surface area contributed by atoms with Gasteiger partial charge in [-0.05, 0) is 25.3 Å². The van der Waals surface area contributed by atoms with Crippen LogP contribution in [0.15, 0.2) is 17.5 Å². The summed E-state index contributed by atoms with van der Waals surface area (Å²) in [6.07, 6.45) is 0. The van der Waals surface area contributed by atoms with Crippen molar-refractivity contribution in [2.45, 2.75) is 25.1 Å². The summed E-state index contributed by atoms with van der Waals surface area (Å²) < 4.78 is -0.930. The molecule has 0 unspecified atom stereocenters. The van der Waals surface area contributed by atoms with Crippen LogP contribution in [0.2, 0.25) is 0 Å². The van der Waals surface area contributed by atoms with Crippen LogP contribution < -0.4 is 5.32 Å². The predicted molar refractivity (Wildman–Crippen MR) is 70.3 cm³/mol. The molecule has 0 spiro atoms. The van der Waals surface area contributed by atoms with Gasteiger partial charge >= 0.3 is 5.97 Å². The lowest BCUT2D eigenvalue weighted by Gasteiger charge is -2.17. The summed E-state index contributed by atoms with van der Waals surface area (Å²) in [7, 11) is 0. The van der Waals surface area contributed by atoms with Gasteiger partial charge in [-0.25, -0.2) is 0 Å². The van der Waals surface area contributed by atoms with E-state index in [1.165, 1.54) is 0 Å². The van der Waals surface area contributed by atoms with Crippen molar-refractivity contribution in [3.05, 3.63) is 22.4 Å². The highest BCUT2D eigenvalue weighted by molar-refractivity contribution is 8.01. The van der Waals surface area contributed by atoms with Crippen molar-refractivity contribution in [3.63, 3.8) is 0 Å². The minimum absolute atomic E-state index is 0.141. The van der Waals surface area contributed by atoms with Gasteiger partial charge in [-0.1, -0.05) is 6.07 Å². The Morgan fingerprint density at radius 3 is 2.76 bits per heavy atom. The van der Waals surface area contributed by atoms with Crippen molar-refractivity contribution in [1.82, 2.24) is 5.32 Å². The Hall–Kier alpha value is -1.01. The van der Waals surface area contributed by atoms with E-state index in [-0.39, 0.29) is 11.7 Å². The summed E-state index contributed by atoms with van der Waals surface area (Å²) in [6.45, 7) is 3.68. The molecule has 1 aromatic rings. The Morgan fingerprint density at radius 1 is 1.53 bits per heavy atom. The monoisotopic (exact) mass is 273 g/mol.